The first-order valence-corrected chi connectivity index (χ1v) is 5.21. The summed E-state index contributed by atoms with van der Waals surface area (Å²) in [7, 11) is 0. The van der Waals surface area contributed by atoms with E-state index in [2.05, 4.69) is 26.0 Å². The first kappa shape index (κ1) is 11.9. The van der Waals surface area contributed by atoms with Gasteiger partial charge in [-0.15, -0.1) is 5.10 Å². The number of nitrogen functional groups attached to an aromatic ring is 1. The second-order valence-electron chi connectivity index (χ2n) is 3.21. The molecular weight excluding hydrogens is 301 g/mol. The highest BCUT2D eigenvalue weighted by Gasteiger charge is 2.35. The third-order valence-corrected chi connectivity index (χ3v) is 2.40. The minimum atomic E-state index is -4.51. The highest BCUT2D eigenvalue weighted by atomic mass is 79.9. The highest BCUT2D eigenvalue weighted by molar-refractivity contribution is 9.10. The Hall–Kier alpha value is -1.57. The molecule has 0 aliphatic rings. The van der Waals surface area contributed by atoms with Crippen LogP contribution in [-0.2, 0) is 6.18 Å². The molecule has 2 heterocycles. The van der Waals surface area contributed by atoms with Gasteiger partial charge in [-0.1, -0.05) is 0 Å². The second kappa shape index (κ2) is 4.02. The van der Waals surface area contributed by atoms with Crippen LogP contribution in [0.5, 0.6) is 0 Å². The van der Waals surface area contributed by atoms with Crippen molar-refractivity contribution in [3.05, 3.63) is 34.6 Å². The van der Waals surface area contributed by atoms with Gasteiger partial charge in [0.1, 0.15) is 11.4 Å². The van der Waals surface area contributed by atoms with Gasteiger partial charge in [-0.2, -0.15) is 13.2 Å². The van der Waals surface area contributed by atoms with Crippen LogP contribution in [0.2, 0.25) is 0 Å². The van der Waals surface area contributed by atoms with E-state index in [4.69, 9.17) is 5.73 Å². The van der Waals surface area contributed by atoms with Crippen LogP contribution in [0.1, 0.15) is 5.56 Å². The Labute approximate surface area is 102 Å². The van der Waals surface area contributed by atoms with E-state index in [0.29, 0.717) is 0 Å². The first-order chi connectivity index (χ1) is 7.88. The Morgan fingerprint density at radius 2 is 2.06 bits per heavy atom. The quantitative estimate of drug-likeness (QED) is 0.881. The maximum absolute atomic E-state index is 12.8. The van der Waals surface area contributed by atoms with Crippen molar-refractivity contribution in [1.82, 2.24) is 14.8 Å². The average molecular weight is 307 g/mol. The summed E-state index contributed by atoms with van der Waals surface area (Å²) < 4.78 is 39.6. The van der Waals surface area contributed by atoms with Crippen LogP contribution in [0.15, 0.2) is 29.0 Å². The molecule has 0 unspecified atom stereocenters. The maximum atomic E-state index is 12.8. The lowest BCUT2D eigenvalue weighted by atomic mass is 10.2. The summed E-state index contributed by atoms with van der Waals surface area (Å²) in [6, 6.07) is 2.34. The highest BCUT2D eigenvalue weighted by Crippen LogP contribution is 2.34. The zero-order chi connectivity index (χ0) is 12.6. The maximum Gasteiger partial charge on any atom is 0.420 e. The number of hydrogen-bond acceptors (Lipinski definition) is 3. The number of nitrogens with two attached hydrogens (primary N) is 1. The second-order valence-corrected chi connectivity index (χ2v) is 4.12. The monoisotopic (exact) mass is 306 g/mol. The molecule has 2 rings (SSSR count). The van der Waals surface area contributed by atoms with Crippen LogP contribution in [0.25, 0.3) is 5.82 Å². The number of pyridine rings is 1. The molecule has 0 aliphatic carbocycles. The van der Waals surface area contributed by atoms with Gasteiger partial charge in [0.2, 0.25) is 0 Å². The van der Waals surface area contributed by atoms with E-state index in [1.54, 1.807) is 0 Å². The number of nitrogens with zero attached hydrogens (tertiary/aromatic N) is 3. The molecule has 0 radical (unpaired) electrons. The molecule has 4 nitrogen and oxygen atoms in total. The predicted octanol–water partition coefficient (Wildman–Crippen LogP) is 2.63. The van der Waals surface area contributed by atoms with Gasteiger partial charge in [-0.25, -0.2) is 9.67 Å². The van der Waals surface area contributed by atoms with Crippen molar-refractivity contribution in [1.29, 1.82) is 0 Å². The van der Waals surface area contributed by atoms with Crippen molar-refractivity contribution in [2.45, 2.75) is 6.18 Å². The third-order valence-electron chi connectivity index (χ3n) is 1.97. The molecule has 8 heteroatoms. The van der Waals surface area contributed by atoms with E-state index in [1.807, 2.05) is 0 Å². The van der Waals surface area contributed by atoms with Crippen LogP contribution >= 0.6 is 15.9 Å². The summed E-state index contributed by atoms with van der Waals surface area (Å²) in [5.41, 5.74) is 4.48. The molecule has 0 aromatic carbocycles. The van der Waals surface area contributed by atoms with Gasteiger partial charge in [0, 0.05) is 22.9 Å². The summed E-state index contributed by atoms with van der Waals surface area (Å²) in [5.74, 6) is -0.180. The molecule has 90 valence electrons. The summed E-state index contributed by atoms with van der Waals surface area (Å²) in [6.07, 6.45) is -1.92. The normalized spacial score (nSPS) is 11.8. The van der Waals surface area contributed by atoms with E-state index >= 15 is 0 Å². The number of anilines is 1. The molecule has 0 atom stereocenters. The minimum absolute atomic E-state index is 0.128. The van der Waals surface area contributed by atoms with Crippen molar-refractivity contribution in [3.8, 4) is 5.82 Å². The Balaban J connectivity index is 2.61. The average Bonchev–Trinajstić information content (AvgIpc) is 2.63. The zero-order valence-electron chi connectivity index (χ0n) is 8.24. The van der Waals surface area contributed by atoms with Crippen molar-refractivity contribution in [2.75, 3.05) is 5.73 Å². The van der Waals surface area contributed by atoms with Crippen molar-refractivity contribution >= 4 is 21.7 Å². The van der Waals surface area contributed by atoms with Crippen molar-refractivity contribution in [2.24, 2.45) is 0 Å². The van der Waals surface area contributed by atoms with Crippen molar-refractivity contribution < 1.29 is 13.2 Å². The lowest BCUT2D eigenvalue weighted by Crippen LogP contribution is -2.13. The predicted molar refractivity (Wildman–Crippen MR) is 58.5 cm³/mol. The molecule has 2 aromatic heterocycles. The van der Waals surface area contributed by atoms with Gasteiger partial charge in [0.25, 0.3) is 0 Å². The molecule has 0 fully saturated rings. The number of aromatic nitrogens is 3. The Bertz CT molecular complexity index is 549. The number of halogens is 4. The van der Waals surface area contributed by atoms with Gasteiger partial charge in [0.05, 0.1) is 0 Å². The molecule has 0 aliphatic heterocycles. The summed E-state index contributed by atoms with van der Waals surface area (Å²) >= 11 is 2.95. The van der Waals surface area contributed by atoms with Crippen LogP contribution in [0.3, 0.4) is 0 Å². The van der Waals surface area contributed by atoms with Crippen molar-refractivity contribution in [3.63, 3.8) is 0 Å². The van der Waals surface area contributed by atoms with E-state index in [-0.39, 0.29) is 16.1 Å². The topological polar surface area (TPSA) is 56.7 Å². The molecule has 0 saturated heterocycles. The van der Waals surface area contributed by atoms with Gasteiger partial charge < -0.3 is 5.73 Å². The molecule has 0 spiro atoms. The van der Waals surface area contributed by atoms with E-state index < -0.39 is 11.7 Å². The van der Waals surface area contributed by atoms with Gasteiger partial charge in [0.15, 0.2) is 5.82 Å². The fraction of sp³-hybridized carbons (Fsp3) is 0.111. The number of rotatable bonds is 1. The largest absolute Gasteiger partial charge is 0.420 e. The minimum Gasteiger partial charge on any atom is -0.382 e. The van der Waals surface area contributed by atoms with Gasteiger partial charge in [-0.3, -0.25) is 0 Å². The standard InChI is InChI=1S/C9H6BrF3N4/c10-5-3-6(9(11,12)13)8(15-4-5)17-2-1-7(14)16-17/h1-4H,(H2,14,16). The molecule has 0 bridgehead atoms. The Kier molecular flexibility index (Phi) is 2.82. The number of alkyl halides is 3. The third kappa shape index (κ3) is 2.41. The molecule has 2 N–H and O–H groups in total. The lowest BCUT2D eigenvalue weighted by Gasteiger charge is -2.11. The van der Waals surface area contributed by atoms with Crippen LogP contribution in [0, 0.1) is 0 Å². The van der Waals surface area contributed by atoms with Crippen LogP contribution in [0.4, 0.5) is 19.0 Å². The number of hydrogen-bond donors (Lipinski definition) is 1. The fourth-order valence-electron chi connectivity index (χ4n) is 1.28. The molecule has 17 heavy (non-hydrogen) atoms. The molecular formula is C9H6BrF3N4. The first-order valence-electron chi connectivity index (χ1n) is 4.42. The van der Waals surface area contributed by atoms with Crippen LogP contribution < -0.4 is 5.73 Å². The summed E-state index contributed by atoms with van der Waals surface area (Å²) in [5, 5.41) is 3.70. The van der Waals surface area contributed by atoms with E-state index in [1.165, 1.54) is 18.5 Å². The Morgan fingerprint density at radius 3 is 2.59 bits per heavy atom. The van der Waals surface area contributed by atoms with Gasteiger partial charge in [-0.05, 0) is 22.0 Å². The molecule has 0 saturated carbocycles. The Morgan fingerprint density at radius 1 is 1.35 bits per heavy atom. The van der Waals surface area contributed by atoms with Crippen LogP contribution in [-0.4, -0.2) is 14.8 Å². The van der Waals surface area contributed by atoms with E-state index in [9.17, 15) is 13.2 Å². The zero-order valence-corrected chi connectivity index (χ0v) is 9.83. The fourth-order valence-corrected chi connectivity index (χ4v) is 1.61. The summed E-state index contributed by atoms with van der Waals surface area (Å²) in [6.45, 7) is 0. The smallest absolute Gasteiger partial charge is 0.382 e. The van der Waals surface area contributed by atoms with Gasteiger partial charge >= 0.3 is 6.18 Å². The SMILES string of the molecule is Nc1ccn(-c2ncc(Br)cc2C(F)(F)F)n1. The lowest BCUT2D eigenvalue weighted by molar-refractivity contribution is -0.137. The molecule has 0 amide bonds. The molecule has 2 aromatic rings. The summed E-state index contributed by atoms with van der Waals surface area (Å²) in [4.78, 5) is 3.71. The van der Waals surface area contributed by atoms with E-state index in [0.717, 1.165) is 10.7 Å².